The number of aliphatic hydroxyl groups is 1. The van der Waals surface area contributed by atoms with Crippen molar-refractivity contribution in [2.24, 2.45) is 0 Å². The Kier molecular flexibility index (Phi) is 4.85. The van der Waals surface area contributed by atoms with E-state index in [4.69, 9.17) is 4.42 Å². The minimum atomic E-state index is -1.27. The molecule has 2 amide bonds. The van der Waals surface area contributed by atoms with Crippen LogP contribution >= 0.6 is 0 Å². The second-order valence-corrected chi connectivity index (χ2v) is 5.87. The highest BCUT2D eigenvalue weighted by Crippen LogP contribution is 2.19. The molecule has 25 heavy (non-hydrogen) atoms. The van der Waals surface area contributed by atoms with E-state index in [1.165, 1.54) is 6.26 Å². The zero-order valence-corrected chi connectivity index (χ0v) is 13.8. The monoisotopic (exact) mass is 340 g/mol. The molecule has 3 N–H and O–H groups in total. The summed E-state index contributed by atoms with van der Waals surface area (Å²) in [4.78, 5) is 12.0. The number of carbonyl (C=O) groups excluding carboxylic acids is 1. The van der Waals surface area contributed by atoms with Crippen LogP contribution in [0.15, 0.2) is 65.5 Å². The lowest BCUT2D eigenvalue weighted by molar-refractivity contribution is 0.0367. The third-order valence-corrected chi connectivity index (χ3v) is 3.83. The molecule has 0 saturated heterocycles. The highest BCUT2D eigenvalue weighted by Gasteiger charge is 2.26. The number of nitrogens with zero attached hydrogens (tertiary/aromatic N) is 2. The maximum absolute atomic E-state index is 12.0. The summed E-state index contributed by atoms with van der Waals surface area (Å²) in [6, 6.07) is 12.5. The molecule has 0 radical (unpaired) electrons. The van der Waals surface area contributed by atoms with Crippen LogP contribution in [0.3, 0.4) is 0 Å². The molecule has 0 saturated carbocycles. The van der Waals surface area contributed by atoms with E-state index in [0.717, 1.165) is 11.3 Å². The molecule has 3 rings (SSSR count). The van der Waals surface area contributed by atoms with Gasteiger partial charge in [0.05, 0.1) is 18.5 Å². The second-order valence-electron chi connectivity index (χ2n) is 5.87. The van der Waals surface area contributed by atoms with Crippen LogP contribution in [0.4, 0.5) is 4.79 Å². The minimum Gasteiger partial charge on any atom is -0.466 e. The molecule has 1 aromatic carbocycles. The Morgan fingerprint density at radius 2 is 2.08 bits per heavy atom. The molecular formula is C18H20N4O3. The molecule has 3 aromatic rings. The van der Waals surface area contributed by atoms with E-state index in [0.29, 0.717) is 12.3 Å². The van der Waals surface area contributed by atoms with Gasteiger partial charge in [0, 0.05) is 18.9 Å². The number of hydrogen-bond acceptors (Lipinski definition) is 4. The summed E-state index contributed by atoms with van der Waals surface area (Å²) in [7, 11) is 0. The molecule has 7 nitrogen and oxygen atoms in total. The topological polar surface area (TPSA) is 92.3 Å². The van der Waals surface area contributed by atoms with Crippen molar-refractivity contribution in [1.29, 1.82) is 0 Å². The van der Waals surface area contributed by atoms with Crippen molar-refractivity contribution in [3.63, 3.8) is 0 Å². The SMILES string of the molecule is C[C@@](O)(CNC(=O)NCc1ccccc1-n1cccn1)c1ccco1. The number of rotatable bonds is 6. The van der Waals surface area contributed by atoms with Crippen molar-refractivity contribution < 1.29 is 14.3 Å². The zero-order chi connectivity index (χ0) is 17.7. The van der Waals surface area contributed by atoms with Crippen molar-refractivity contribution in [3.05, 3.63) is 72.4 Å². The third-order valence-electron chi connectivity index (χ3n) is 3.83. The van der Waals surface area contributed by atoms with Gasteiger partial charge in [-0.2, -0.15) is 5.10 Å². The van der Waals surface area contributed by atoms with Gasteiger partial charge in [-0.05, 0) is 36.8 Å². The third kappa shape index (κ3) is 4.07. The molecule has 0 fully saturated rings. The van der Waals surface area contributed by atoms with Crippen LogP contribution in [0.5, 0.6) is 0 Å². The predicted molar refractivity (Wildman–Crippen MR) is 92.1 cm³/mol. The first kappa shape index (κ1) is 16.8. The number of furan rings is 1. The van der Waals surface area contributed by atoms with Gasteiger partial charge in [0.15, 0.2) is 0 Å². The van der Waals surface area contributed by atoms with Crippen LogP contribution < -0.4 is 10.6 Å². The van der Waals surface area contributed by atoms with E-state index in [1.54, 1.807) is 29.9 Å². The molecule has 7 heteroatoms. The van der Waals surface area contributed by atoms with Gasteiger partial charge in [0.1, 0.15) is 11.4 Å². The van der Waals surface area contributed by atoms with E-state index in [1.807, 2.05) is 36.5 Å². The van der Waals surface area contributed by atoms with Gasteiger partial charge >= 0.3 is 6.03 Å². The summed E-state index contributed by atoms with van der Waals surface area (Å²) >= 11 is 0. The van der Waals surface area contributed by atoms with E-state index >= 15 is 0 Å². The number of amides is 2. The summed E-state index contributed by atoms with van der Waals surface area (Å²) in [6.45, 7) is 1.96. The quantitative estimate of drug-likeness (QED) is 0.641. The second kappa shape index (κ2) is 7.23. The first-order chi connectivity index (χ1) is 12.1. The minimum absolute atomic E-state index is 0.0349. The van der Waals surface area contributed by atoms with Gasteiger partial charge in [-0.3, -0.25) is 0 Å². The van der Waals surface area contributed by atoms with Crippen molar-refractivity contribution in [2.75, 3.05) is 6.54 Å². The molecule has 0 bridgehead atoms. The molecule has 0 unspecified atom stereocenters. The molecule has 2 heterocycles. The van der Waals surface area contributed by atoms with Gasteiger partial charge in [0.25, 0.3) is 0 Å². The lowest BCUT2D eigenvalue weighted by atomic mass is 10.0. The standard InChI is InChI=1S/C18H20N4O3/c1-18(24,16-8-4-11-25-16)13-20-17(23)19-12-14-6-2-3-7-15(14)22-10-5-9-21-22/h2-11,24H,12-13H2,1H3,(H2,19,20,23)/t18-/m1/s1. The largest absolute Gasteiger partial charge is 0.466 e. The first-order valence-electron chi connectivity index (χ1n) is 7.92. The number of para-hydroxylation sites is 1. The summed E-state index contributed by atoms with van der Waals surface area (Å²) in [5.74, 6) is 0.400. The van der Waals surface area contributed by atoms with Crippen LogP contribution in [0.1, 0.15) is 18.2 Å². The van der Waals surface area contributed by atoms with Gasteiger partial charge < -0.3 is 20.2 Å². The summed E-state index contributed by atoms with van der Waals surface area (Å²) in [6.07, 6.45) is 5.03. The van der Waals surface area contributed by atoms with E-state index in [-0.39, 0.29) is 12.6 Å². The van der Waals surface area contributed by atoms with Gasteiger partial charge in [-0.25, -0.2) is 9.48 Å². The normalized spacial score (nSPS) is 13.2. The van der Waals surface area contributed by atoms with Crippen molar-refractivity contribution in [3.8, 4) is 5.69 Å². The lowest BCUT2D eigenvalue weighted by Gasteiger charge is -2.21. The zero-order valence-electron chi connectivity index (χ0n) is 13.8. The molecule has 1 atom stereocenters. The fourth-order valence-electron chi connectivity index (χ4n) is 2.46. The number of carbonyl (C=O) groups is 1. The van der Waals surface area contributed by atoms with E-state index in [9.17, 15) is 9.90 Å². The lowest BCUT2D eigenvalue weighted by Crippen LogP contribution is -2.43. The number of urea groups is 1. The fraction of sp³-hybridized carbons (Fsp3) is 0.222. The molecule has 2 aromatic heterocycles. The Balaban J connectivity index is 1.57. The molecular weight excluding hydrogens is 320 g/mol. The summed E-state index contributed by atoms with van der Waals surface area (Å²) < 4.78 is 6.93. The number of benzene rings is 1. The average molecular weight is 340 g/mol. The molecule has 0 aliphatic carbocycles. The summed E-state index contributed by atoms with van der Waals surface area (Å²) in [5.41, 5.74) is 0.558. The van der Waals surface area contributed by atoms with Crippen molar-refractivity contribution in [2.45, 2.75) is 19.1 Å². The molecule has 0 aliphatic heterocycles. The highest BCUT2D eigenvalue weighted by molar-refractivity contribution is 5.74. The van der Waals surface area contributed by atoms with Crippen molar-refractivity contribution in [1.82, 2.24) is 20.4 Å². The van der Waals surface area contributed by atoms with Crippen LogP contribution in [0.2, 0.25) is 0 Å². The maximum Gasteiger partial charge on any atom is 0.315 e. The Morgan fingerprint density at radius 1 is 1.24 bits per heavy atom. The number of aromatic nitrogens is 2. The Morgan fingerprint density at radius 3 is 2.80 bits per heavy atom. The van der Waals surface area contributed by atoms with E-state index in [2.05, 4.69) is 15.7 Å². The Labute approximate surface area is 145 Å². The molecule has 130 valence electrons. The maximum atomic E-state index is 12.0. The first-order valence-corrected chi connectivity index (χ1v) is 7.92. The van der Waals surface area contributed by atoms with Gasteiger partial charge in [-0.15, -0.1) is 0 Å². The smallest absolute Gasteiger partial charge is 0.315 e. The number of hydrogen-bond donors (Lipinski definition) is 3. The van der Waals surface area contributed by atoms with Gasteiger partial charge in [-0.1, -0.05) is 18.2 Å². The summed E-state index contributed by atoms with van der Waals surface area (Å²) in [5, 5.41) is 20.0. The highest BCUT2D eigenvalue weighted by atomic mass is 16.4. The Hall–Kier alpha value is -3.06. The fourth-order valence-corrected chi connectivity index (χ4v) is 2.46. The Bertz CT molecular complexity index is 811. The molecule has 0 spiro atoms. The van der Waals surface area contributed by atoms with E-state index < -0.39 is 5.60 Å². The van der Waals surface area contributed by atoms with Crippen LogP contribution in [0.25, 0.3) is 5.69 Å². The number of nitrogens with one attached hydrogen (secondary N) is 2. The molecule has 0 aliphatic rings. The van der Waals surface area contributed by atoms with Crippen LogP contribution in [0, 0.1) is 0 Å². The van der Waals surface area contributed by atoms with Crippen LogP contribution in [-0.4, -0.2) is 27.5 Å². The average Bonchev–Trinajstić information content (AvgIpc) is 3.32. The van der Waals surface area contributed by atoms with Crippen molar-refractivity contribution >= 4 is 6.03 Å². The van der Waals surface area contributed by atoms with Crippen LogP contribution in [-0.2, 0) is 12.1 Å². The van der Waals surface area contributed by atoms with Gasteiger partial charge in [0.2, 0.25) is 0 Å². The predicted octanol–water partition coefficient (Wildman–Crippen LogP) is 2.17.